The van der Waals surface area contributed by atoms with E-state index in [-0.39, 0.29) is 17.9 Å². The highest BCUT2D eigenvalue weighted by Crippen LogP contribution is 2.13. The largest absolute Gasteiger partial charge is 0.476 e. The molecule has 0 aromatic carbocycles. The molecule has 1 aliphatic heterocycles. The van der Waals surface area contributed by atoms with Crippen LogP contribution in [0.25, 0.3) is 0 Å². The summed E-state index contributed by atoms with van der Waals surface area (Å²) in [7, 11) is 0. The van der Waals surface area contributed by atoms with Crippen LogP contribution in [0.4, 0.5) is 0 Å². The fourth-order valence-corrected chi connectivity index (χ4v) is 1.09. The minimum atomic E-state index is -0.264. The predicted molar refractivity (Wildman–Crippen MR) is 38.1 cm³/mol. The minimum Gasteiger partial charge on any atom is -0.476 e. The number of Topliss-reactive ketones (excluding diaryl/α,β-unsaturated/α-hetero) is 1. The molecule has 1 heterocycles. The van der Waals surface area contributed by atoms with Crippen LogP contribution >= 0.6 is 0 Å². The molecule has 2 atom stereocenters. The monoisotopic (exact) mass is 141 g/mol. The average Bonchev–Trinajstić information content (AvgIpc) is 2.10. The SMILES string of the molecule is CC(=O)C1N=C(C)OC1C. The van der Waals surface area contributed by atoms with Crippen LogP contribution in [0.3, 0.4) is 0 Å². The number of aliphatic imine (C=N–C) groups is 1. The van der Waals surface area contributed by atoms with Crippen LogP contribution in [0.2, 0.25) is 0 Å². The van der Waals surface area contributed by atoms with Crippen LogP contribution in [-0.2, 0) is 9.53 Å². The Kier molecular flexibility index (Phi) is 1.74. The van der Waals surface area contributed by atoms with Crippen molar-refractivity contribution in [1.29, 1.82) is 0 Å². The van der Waals surface area contributed by atoms with Crippen molar-refractivity contribution in [3.05, 3.63) is 0 Å². The molecule has 0 radical (unpaired) electrons. The molecule has 0 spiro atoms. The first-order chi connectivity index (χ1) is 4.61. The fraction of sp³-hybridized carbons (Fsp3) is 0.714. The van der Waals surface area contributed by atoms with Gasteiger partial charge in [0.15, 0.2) is 11.7 Å². The lowest BCUT2D eigenvalue weighted by Gasteiger charge is -2.07. The maximum Gasteiger partial charge on any atom is 0.181 e. The van der Waals surface area contributed by atoms with Gasteiger partial charge in [0.05, 0.1) is 0 Å². The summed E-state index contributed by atoms with van der Waals surface area (Å²) in [5, 5.41) is 0. The van der Waals surface area contributed by atoms with Crippen molar-refractivity contribution < 1.29 is 9.53 Å². The van der Waals surface area contributed by atoms with E-state index < -0.39 is 0 Å². The quantitative estimate of drug-likeness (QED) is 0.541. The number of ketones is 1. The predicted octanol–water partition coefficient (Wildman–Crippen LogP) is 0.781. The molecule has 0 saturated carbocycles. The molecular weight excluding hydrogens is 130 g/mol. The van der Waals surface area contributed by atoms with E-state index in [2.05, 4.69) is 4.99 Å². The highest BCUT2D eigenvalue weighted by Gasteiger charge is 2.28. The Morgan fingerprint density at radius 2 is 2.30 bits per heavy atom. The van der Waals surface area contributed by atoms with Gasteiger partial charge in [0, 0.05) is 6.92 Å². The Labute approximate surface area is 60.1 Å². The zero-order valence-corrected chi connectivity index (χ0v) is 6.42. The number of hydrogen-bond acceptors (Lipinski definition) is 3. The van der Waals surface area contributed by atoms with E-state index in [9.17, 15) is 4.79 Å². The van der Waals surface area contributed by atoms with Gasteiger partial charge in [0.1, 0.15) is 12.1 Å². The second-order valence-corrected chi connectivity index (χ2v) is 2.53. The molecule has 0 amide bonds. The molecule has 0 bridgehead atoms. The van der Waals surface area contributed by atoms with E-state index in [1.54, 1.807) is 6.92 Å². The normalized spacial score (nSPS) is 31.3. The Balaban J connectivity index is 2.69. The van der Waals surface area contributed by atoms with Crippen LogP contribution in [0.1, 0.15) is 20.8 Å². The minimum absolute atomic E-state index is 0.0718. The summed E-state index contributed by atoms with van der Waals surface area (Å²) in [5.74, 6) is 0.692. The van der Waals surface area contributed by atoms with Gasteiger partial charge in [-0.15, -0.1) is 0 Å². The van der Waals surface area contributed by atoms with Gasteiger partial charge < -0.3 is 4.74 Å². The number of carbonyl (C=O) groups excluding carboxylic acids is 1. The van der Waals surface area contributed by atoms with Crippen molar-refractivity contribution >= 4 is 11.7 Å². The molecule has 0 aliphatic carbocycles. The Morgan fingerprint density at radius 1 is 1.70 bits per heavy atom. The van der Waals surface area contributed by atoms with Gasteiger partial charge in [0.2, 0.25) is 0 Å². The van der Waals surface area contributed by atoms with Gasteiger partial charge in [-0.3, -0.25) is 4.79 Å². The van der Waals surface area contributed by atoms with Crippen molar-refractivity contribution in [2.45, 2.75) is 32.9 Å². The van der Waals surface area contributed by atoms with E-state index in [0.717, 1.165) is 0 Å². The lowest BCUT2D eigenvalue weighted by Crippen LogP contribution is -2.25. The second-order valence-electron chi connectivity index (χ2n) is 2.53. The number of ether oxygens (including phenoxy) is 1. The second kappa shape index (κ2) is 2.40. The maximum absolute atomic E-state index is 10.8. The first kappa shape index (κ1) is 7.25. The molecule has 0 aromatic rings. The zero-order chi connectivity index (χ0) is 7.72. The summed E-state index contributed by atoms with van der Waals surface area (Å²) in [6, 6.07) is -0.264. The third-order valence-electron chi connectivity index (χ3n) is 1.54. The molecule has 10 heavy (non-hydrogen) atoms. The van der Waals surface area contributed by atoms with Crippen LogP contribution in [0, 0.1) is 0 Å². The molecule has 1 aliphatic rings. The number of carbonyl (C=O) groups is 1. The van der Waals surface area contributed by atoms with Crippen LogP contribution in [0.5, 0.6) is 0 Å². The summed E-state index contributed by atoms with van der Waals surface area (Å²) in [6.07, 6.45) is -0.0718. The first-order valence-corrected chi connectivity index (χ1v) is 3.33. The number of hydrogen-bond donors (Lipinski definition) is 0. The molecule has 0 N–H and O–H groups in total. The lowest BCUT2D eigenvalue weighted by molar-refractivity contribution is -0.119. The van der Waals surface area contributed by atoms with E-state index in [4.69, 9.17) is 4.74 Å². The molecule has 0 saturated heterocycles. The first-order valence-electron chi connectivity index (χ1n) is 3.33. The zero-order valence-electron chi connectivity index (χ0n) is 6.42. The van der Waals surface area contributed by atoms with Gasteiger partial charge >= 0.3 is 0 Å². The van der Waals surface area contributed by atoms with Crippen molar-refractivity contribution in [3.63, 3.8) is 0 Å². The maximum atomic E-state index is 10.8. The summed E-state index contributed by atoms with van der Waals surface area (Å²) < 4.78 is 5.16. The van der Waals surface area contributed by atoms with E-state index >= 15 is 0 Å². The van der Waals surface area contributed by atoms with E-state index in [0.29, 0.717) is 5.90 Å². The van der Waals surface area contributed by atoms with Crippen LogP contribution in [-0.4, -0.2) is 23.8 Å². The molecule has 56 valence electrons. The summed E-state index contributed by atoms with van der Waals surface area (Å²) >= 11 is 0. The van der Waals surface area contributed by atoms with Gasteiger partial charge in [-0.2, -0.15) is 0 Å². The molecular formula is C7H11NO2. The molecule has 0 aromatic heterocycles. The topological polar surface area (TPSA) is 38.7 Å². The molecule has 0 fully saturated rings. The molecule has 3 heteroatoms. The summed E-state index contributed by atoms with van der Waals surface area (Å²) in [5.41, 5.74) is 0. The van der Waals surface area contributed by atoms with Crippen LogP contribution < -0.4 is 0 Å². The highest BCUT2D eigenvalue weighted by atomic mass is 16.5. The molecule has 2 unspecified atom stereocenters. The van der Waals surface area contributed by atoms with Crippen molar-refractivity contribution in [3.8, 4) is 0 Å². The van der Waals surface area contributed by atoms with Gasteiger partial charge in [-0.25, -0.2) is 4.99 Å². The van der Waals surface area contributed by atoms with Gasteiger partial charge in [-0.1, -0.05) is 0 Å². The molecule has 3 nitrogen and oxygen atoms in total. The van der Waals surface area contributed by atoms with Gasteiger partial charge in [0.25, 0.3) is 0 Å². The standard InChI is InChI=1S/C7H11NO2/c1-4(9)7-5(2)10-6(3)8-7/h5,7H,1-3H3. The van der Waals surface area contributed by atoms with E-state index in [1.807, 2.05) is 6.92 Å². The van der Waals surface area contributed by atoms with Crippen molar-refractivity contribution in [1.82, 2.24) is 0 Å². The van der Waals surface area contributed by atoms with E-state index in [1.165, 1.54) is 6.92 Å². The van der Waals surface area contributed by atoms with Crippen molar-refractivity contribution in [2.75, 3.05) is 0 Å². The van der Waals surface area contributed by atoms with Crippen molar-refractivity contribution in [2.24, 2.45) is 4.99 Å². The van der Waals surface area contributed by atoms with Gasteiger partial charge in [-0.05, 0) is 13.8 Å². The number of rotatable bonds is 1. The average molecular weight is 141 g/mol. The third-order valence-corrected chi connectivity index (χ3v) is 1.54. The summed E-state index contributed by atoms with van der Waals surface area (Å²) in [4.78, 5) is 14.8. The fourth-order valence-electron chi connectivity index (χ4n) is 1.09. The lowest BCUT2D eigenvalue weighted by atomic mass is 10.1. The number of nitrogens with zero attached hydrogens (tertiary/aromatic N) is 1. The summed E-state index contributed by atoms with van der Waals surface area (Å²) in [6.45, 7) is 5.15. The molecule has 1 rings (SSSR count). The van der Waals surface area contributed by atoms with Crippen LogP contribution in [0.15, 0.2) is 4.99 Å². The Hall–Kier alpha value is -0.860. The highest BCUT2D eigenvalue weighted by molar-refractivity contribution is 5.88. The Morgan fingerprint density at radius 3 is 2.50 bits per heavy atom. The smallest absolute Gasteiger partial charge is 0.181 e. The Bertz CT molecular complexity index is 186. The third kappa shape index (κ3) is 1.17.